The van der Waals surface area contributed by atoms with Gasteiger partial charge in [-0.05, 0) is 42.9 Å². The minimum atomic E-state index is 0.317. The van der Waals surface area contributed by atoms with Crippen molar-refractivity contribution in [2.45, 2.75) is 45.3 Å². The molecule has 1 saturated carbocycles. The van der Waals surface area contributed by atoms with E-state index in [0.717, 1.165) is 18.9 Å². The lowest BCUT2D eigenvalue weighted by molar-refractivity contribution is 0.0511. The van der Waals surface area contributed by atoms with Crippen LogP contribution in [0.25, 0.3) is 0 Å². The molecule has 2 rings (SSSR count). The minimum Gasteiger partial charge on any atom is -0.379 e. The summed E-state index contributed by atoms with van der Waals surface area (Å²) in [6.45, 7) is 5.33. The molecule has 0 saturated heterocycles. The molecule has 0 spiro atoms. The SMILES string of the molecule is CCNC(c1ccc(CC)cc1)C(OC)C1CC1. The maximum Gasteiger partial charge on any atom is 0.0794 e. The van der Waals surface area contributed by atoms with Crippen LogP contribution in [-0.4, -0.2) is 19.8 Å². The van der Waals surface area contributed by atoms with Gasteiger partial charge in [0, 0.05) is 7.11 Å². The Labute approximate surface area is 111 Å². The molecule has 0 amide bonds. The van der Waals surface area contributed by atoms with Gasteiger partial charge in [0.05, 0.1) is 12.1 Å². The summed E-state index contributed by atoms with van der Waals surface area (Å²) in [5.41, 5.74) is 2.75. The summed E-state index contributed by atoms with van der Waals surface area (Å²) >= 11 is 0. The molecule has 2 unspecified atom stereocenters. The molecule has 1 fully saturated rings. The Morgan fingerprint density at radius 2 is 1.89 bits per heavy atom. The molecule has 1 aliphatic rings. The number of hydrogen-bond acceptors (Lipinski definition) is 2. The van der Waals surface area contributed by atoms with Gasteiger partial charge in [0.2, 0.25) is 0 Å². The molecule has 18 heavy (non-hydrogen) atoms. The molecule has 0 bridgehead atoms. The number of methoxy groups -OCH3 is 1. The summed E-state index contributed by atoms with van der Waals surface area (Å²) in [6.07, 6.45) is 4.04. The number of benzene rings is 1. The first kappa shape index (κ1) is 13.6. The van der Waals surface area contributed by atoms with Gasteiger partial charge in [0.1, 0.15) is 0 Å². The van der Waals surface area contributed by atoms with E-state index < -0.39 is 0 Å². The van der Waals surface area contributed by atoms with Crippen LogP contribution in [0.2, 0.25) is 0 Å². The summed E-state index contributed by atoms with van der Waals surface area (Å²) in [5.74, 6) is 0.741. The summed E-state index contributed by atoms with van der Waals surface area (Å²) in [6, 6.07) is 9.30. The molecule has 1 aromatic rings. The molecule has 0 aromatic heterocycles. The van der Waals surface area contributed by atoms with Crippen molar-refractivity contribution in [1.82, 2.24) is 5.32 Å². The third kappa shape index (κ3) is 3.12. The molecular weight excluding hydrogens is 222 g/mol. The highest BCUT2D eigenvalue weighted by Crippen LogP contribution is 2.39. The van der Waals surface area contributed by atoms with Gasteiger partial charge in [-0.2, -0.15) is 0 Å². The second-order valence-corrected chi connectivity index (χ2v) is 5.17. The molecule has 2 atom stereocenters. The van der Waals surface area contributed by atoms with E-state index in [0.29, 0.717) is 12.1 Å². The van der Waals surface area contributed by atoms with Crippen molar-refractivity contribution in [3.05, 3.63) is 35.4 Å². The second kappa shape index (κ2) is 6.35. The Kier molecular flexibility index (Phi) is 4.79. The second-order valence-electron chi connectivity index (χ2n) is 5.17. The zero-order valence-electron chi connectivity index (χ0n) is 11.8. The zero-order chi connectivity index (χ0) is 13.0. The number of aryl methyl sites for hydroxylation is 1. The van der Waals surface area contributed by atoms with Crippen molar-refractivity contribution in [3.8, 4) is 0 Å². The average molecular weight is 247 g/mol. The van der Waals surface area contributed by atoms with Crippen molar-refractivity contribution in [1.29, 1.82) is 0 Å². The minimum absolute atomic E-state index is 0.317. The van der Waals surface area contributed by atoms with Gasteiger partial charge in [0.15, 0.2) is 0 Å². The number of likely N-dealkylation sites (N-methyl/N-ethyl adjacent to an activating group) is 1. The molecule has 1 N–H and O–H groups in total. The van der Waals surface area contributed by atoms with Crippen molar-refractivity contribution in [2.24, 2.45) is 5.92 Å². The van der Waals surface area contributed by atoms with Crippen molar-refractivity contribution in [2.75, 3.05) is 13.7 Å². The monoisotopic (exact) mass is 247 g/mol. The van der Waals surface area contributed by atoms with Gasteiger partial charge in [-0.25, -0.2) is 0 Å². The fourth-order valence-corrected chi connectivity index (χ4v) is 2.63. The number of nitrogens with one attached hydrogen (secondary N) is 1. The molecular formula is C16H25NO. The molecule has 1 aliphatic carbocycles. The Morgan fingerprint density at radius 1 is 1.22 bits per heavy atom. The highest BCUT2D eigenvalue weighted by molar-refractivity contribution is 5.26. The number of rotatable bonds is 7. The van der Waals surface area contributed by atoms with E-state index in [1.807, 2.05) is 7.11 Å². The highest BCUT2D eigenvalue weighted by atomic mass is 16.5. The van der Waals surface area contributed by atoms with Crippen LogP contribution in [0.3, 0.4) is 0 Å². The van der Waals surface area contributed by atoms with Gasteiger partial charge in [0.25, 0.3) is 0 Å². The lowest BCUT2D eigenvalue weighted by Gasteiger charge is -2.27. The molecule has 100 valence electrons. The van der Waals surface area contributed by atoms with E-state index in [1.165, 1.54) is 24.0 Å². The van der Waals surface area contributed by atoms with Crippen molar-refractivity contribution >= 4 is 0 Å². The topological polar surface area (TPSA) is 21.3 Å². The smallest absolute Gasteiger partial charge is 0.0794 e. The van der Waals surface area contributed by atoms with Crippen LogP contribution < -0.4 is 5.32 Å². The van der Waals surface area contributed by atoms with Gasteiger partial charge in [-0.15, -0.1) is 0 Å². The Morgan fingerprint density at radius 3 is 2.33 bits per heavy atom. The zero-order valence-corrected chi connectivity index (χ0v) is 11.8. The summed E-state index contributed by atoms with van der Waals surface area (Å²) in [4.78, 5) is 0. The van der Waals surface area contributed by atoms with Gasteiger partial charge in [-0.3, -0.25) is 0 Å². The maximum atomic E-state index is 5.74. The van der Waals surface area contributed by atoms with Gasteiger partial charge in [-0.1, -0.05) is 38.1 Å². The quantitative estimate of drug-likeness (QED) is 0.798. The summed E-state index contributed by atoms with van der Waals surface area (Å²) < 4.78 is 5.74. The van der Waals surface area contributed by atoms with Crippen LogP contribution in [0.1, 0.15) is 43.9 Å². The fourth-order valence-electron chi connectivity index (χ4n) is 2.63. The van der Waals surface area contributed by atoms with Crippen LogP contribution in [0.15, 0.2) is 24.3 Å². The predicted octanol–water partition coefficient (Wildman–Crippen LogP) is 3.32. The third-order valence-corrected chi connectivity index (χ3v) is 3.86. The lowest BCUT2D eigenvalue weighted by Crippen LogP contribution is -2.34. The lowest BCUT2D eigenvalue weighted by atomic mass is 9.96. The van der Waals surface area contributed by atoms with E-state index in [-0.39, 0.29) is 0 Å². The van der Waals surface area contributed by atoms with E-state index in [2.05, 4.69) is 43.4 Å². The standard InChI is InChI=1S/C16H25NO/c1-4-12-6-8-13(9-7-12)15(17-5-2)16(18-3)14-10-11-14/h6-9,14-17H,4-5,10-11H2,1-3H3. The van der Waals surface area contributed by atoms with Crippen LogP contribution in [-0.2, 0) is 11.2 Å². The first-order chi connectivity index (χ1) is 8.80. The molecule has 2 heteroatoms. The Hall–Kier alpha value is -0.860. The van der Waals surface area contributed by atoms with Crippen LogP contribution in [0.4, 0.5) is 0 Å². The maximum absolute atomic E-state index is 5.74. The normalized spacial score (nSPS) is 18.6. The molecule has 2 nitrogen and oxygen atoms in total. The largest absolute Gasteiger partial charge is 0.379 e. The van der Waals surface area contributed by atoms with Crippen LogP contribution >= 0.6 is 0 Å². The van der Waals surface area contributed by atoms with E-state index in [9.17, 15) is 0 Å². The fraction of sp³-hybridized carbons (Fsp3) is 0.625. The van der Waals surface area contributed by atoms with E-state index in [1.54, 1.807) is 0 Å². The summed E-state index contributed by atoms with van der Waals surface area (Å²) in [5, 5.41) is 3.58. The molecule has 1 aromatic carbocycles. The van der Waals surface area contributed by atoms with Gasteiger partial charge < -0.3 is 10.1 Å². The molecule has 0 heterocycles. The summed E-state index contributed by atoms with van der Waals surface area (Å²) in [7, 11) is 1.84. The third-order valence-electron chi connectivity index (χ3n) is 3.86. The predicted molar refractivity (Wildman–Crippen MR) is 75.8 cm³/mol. The number of hydrogen-bond donors (Lipinski definition) is 1. The Bertz CT molecular complexity index is 356. The first-order valence-electron chi connectivity index (χ1n) is 7.15. The van der Waals surface area contributed by atoms with Gasteiger partial charge >= 0.3 is 0 Å². The van der Waals surface area contributed by atoms with E-state index in [4.69, 9.17) is 4.74 Å². The molecule has 0 radical (unpaired) electrons. The average Bonchev–Trinajstić information content (AvgIpc) is 3.23. The van der Waals surface area contributed by atoms with Crippen molar-refractivity contribution < 1.29 is 4.74 Å². The first-order valence-corrected chi connectivity index (χ1v) is 7.15. The number of ether oxygens (including phenoxy) is 1. The van der Waals surface area contributed by atoms with Crippen LogP contribution in [0, 0.1) is 5.92 Å². The van der Waals surface area contributed by atoms with E-state index >= 15 is 0 Å². The Balaban J connectivity index is 2.16. The highest BCUT2D eigenvalue weighted by Gasteiger charge is 2.37. The van der Waals surface area contributed by atoms with Crippen LogP contribution in [0.5, 0.6) is 0 Å². The van der Waals surface area contributed by atoms with Crippen molar-refractivity contribution in [3.63, 3.8) is 0 Å². The molecule has 0 aliphatic heterocycles.